The normalized spacial score (nSPS) is 17.9. The standard InChI is InChI=1S/C15H24N2O2S2/c1-11-10-20-13(9-16)14(11)21(18,19)17-7-5-12(6-8-17)15(2,3)4/h5,10H,6-9,16H2,1-4H3. The molecule has 118 valence electrons. The fourth-order valence-electron chi connectivity index (χ4n) is 2.65. The van der Waals surface area contributed by atoms with Crippen LogP contribution in [0.25, 0.3) is 0 Å². The third kappa shape index (κ3) is 3.23. The van der Waals surface area contributed by atoms with Gasteiger partial charge in [-0.3, -0.25) is 0 Å². The minimum atomic E-state index is -3.44. The highest BCUT2D eigenvalue weighted by Crippen LogP contribution is 2.34. The van der Waals surface area contributed by atoms with Crippen molar-refractivity contribution in [3.63, 3.8) is 0 Å². The predicted octanol–water partition coefficient (Wildman–Crippen LogP) is 2.88. The van der Waals surface area contributed by atoms with Gasteiger partial charge in [0.05, 0.1) is 0 Å². The van der Waals surface area contributed by atoms with E-state index >= 15 is 0 Å². The van der Waals surface area contributed by atoms with E-state index in [2.05, 4.69) is 26.8 Å². The highest BCUT2D eigenvalue weighted by atomic mass is 32.2. The summed E-state index contributed by atoms with van der Waals surface area (Å²) in [6, 6.07) is 0. The Bertz CT molecular complexity index is 652. The van der Waals surface area contributed by atoms with Crippen LogP contribution in [0.4, 0.5) is 0 Å². The largest absolute Gasteiger partial charge is 0.326 e. The number of rotatable bonds is 3. The van der Waals surface area contributed by atoms with E-state index in [-0.39, 0.29) is 12.0 Å². The molecule has 0 aromatic carbocycles. The maximum absolute atomic E-state index is 12.9. The molecule has 2 N–H and O–H groups in total. The Balaban J connectivity index is 2.31. The van der Waals surface area contributed by atoms with Crippen LogP contribution in [0.15, 0.2) is 21.9 Å². The molecule has 0 saturated carbocycles. The van der Waals surface area contributed by atoms with E-state index in [1.165, 1.54) is 16.9 Å². The molecule has 4 nitrogen and oxygen atoms in total. The topological polar surface area (TPSA) is 63.4 Å². The van der Waals surface area contributed by atoms with Crippen molar-refractivity contribution in [2.45, 2.75) is 45.6 Å². The van der Waals surface area contributed by atoms with Crippen LogP contribution in [0.1, 0.15) is 37.6 Å². The first-order valence-corrected chi connectivity index (χ1v) is 9.46. The molecule has 0 spiro atoms. The summed E-state index contributed by atoms with van der Waals surface area (Å²) < 4.78 is 27.3. The van der Waals surface area contributed by atoms with Crippen molar-refractivity contribution in [1.82, 2.24) is 4.31 Å². The SMILES string of the molecule is Cc1csc(CN)c1S(=O)(=O)N1CC=C(C(C)(C)C)CC1. The fraction of sp³-hybridized carbons (Fsp3) is 0.600. The Morgan fingerprint density at radius 2 is 2.05 bits per heavy atom. The molecule has 0 amide bonds. The second-order valence-electron chi connectivity index (χ2n) is 6.47. The third-order valence-electron chi connectivity index (χ3n) is 3.91. The summed E-state index contributed by atoms with van der Waals surface area (Å²) in [6.07, 6.45) is 2.86. The van der Waals surface area contributed by atoms with Crippen molar-refractivity contribution >= 4 is 21.4 Å². The molecule has 1 aromatic rings. The van der Waals surface area contributed by atoms with E-state index in [1.807, 2.05) is 12.3 Å². The number of nitrogens with two attached hydrogens (primary N) is 1. The van der Waals surface area contributed by atoms with Crippen LogP contribution in [-0.4, -0.2) is 25.8 Å². The lowest BCUT2D eigenvalue weighted by molar-refractivity contribution is 0.389. The zero-order chi connectivity index (χ0) is 15.8. The maximum atomic E-state index is 12.9. The summed E-state index contributed by atoms with van der Waals surface area (Å²) >= 11 is 1.43. The Kier molecular flexibility index (Phi) is 4.63. The van der Waals surface area contributed by atoms with Gasteiger partial charge in [0.15, 0.2) is 0 Å². The quantitative estimate of drug-likeness (QED) is 0.868. The van der Waals surface area contributed by atoms with Gasteiger partial charge >= 0.3 is 0 Å². The smallest absolute Gasteiger partial charge is 0.244 e. The zero-order valence-electron chi connectivity index (χ0n) is 13.1. The minimum Gasteiger partial charge on any atom is -0.326 e. The van der Waals surface area contributed by atoms with Gasteiger partial charge in [-0.05, 0) is 29.7 Å². The molecule has 0 fully saturated rings. The van der Waals surface area contributed by atoms with Gasteiger partial charge in [0.1, 0.15) is 4.90 Å². The Morgan fingerprint density at radius 1 is 1.38 bits per heavy atom. The van der Waals surface area contributed by atoms with E-state index in [0.717, 1.165) is 16.9 Å². The highest BCUT2D eigenvalue weighted by molar-refractivity contribution is 7.89. The van der Waals surface area contributed by atoms with Crippen LogP contribution in [-0.2, 0) is 16.6 Å². The van der Waals surface area contributed by atoms with Crippen molar-refractivity contribution < 1.29 is 8.42 Å². The van der Waals surface area contributed by atoms with Gasteiger partial charge in [-0.15, -0.1) is 11.3 Å². The van der Waals surface area contributed by atoms with Crippen LogP contribution in [0.2, 0.25) is 0 Å². The van der Waals surface area contributed by atoms with E-state index in [9.17, 15) is 8.42 Å². The highest BCUT2D eigenvalue weighted by Gasteiger charge is 2.32. The molecule has 2 heterocycles. The van der Waals surface area contributed by atoms with E-state index < -0.39 is 10.0 Å². The summed E-state index contributed by atoms with van der Waals surface area (Å²) in [6.45, 7) is 9.60. The molecule has 0 saturated heterocycles. The lowest BCUT2D eigenvalue weighted by atomic mass is 9.83. The Labute approximate surface area is 131 Å². The number of nitrogens with zero attached hydrogens (tertiary/aromatic N) is 1. The fourth-order valence-corrected chi connectivity index (χ4v) is 5.69. The van der Waals surface area contributed by atoms with Crippen molar-refractivity contribution in [1.29, 1.82) is 0 Å². The van der Waals surface area contributed by atoms with Crippen LogP contribution in [0, 0.1) is 12.3 Å². The molecule has 1 aromatic heterocycles. The van der Waals surface area contributed by atoms with E-state index in [0.29, 0.717) is 18.0 Å². The van der Waals surface area contributed by atoms with Crippen LogP contribution >= 0.6 is 11.3 Å². The average molecular weight is 329 g/mol. The number of thiophene rings is 1. The summed E-state index contributed by atoms with van der Waals surface area (Å²) in [5, 5.41) is 1.87. The molecule has 0 radical (unpaired) electrons. The predicted molar refractivity (Wildman–Crippen MR) is 87.9 cm³/mol. The second-order valence-corrected chi connectivity index (χ2v) is 9.31. The zero-order valence-corrected chi connectivity index (χ0v) is 14.8. The van der Waals surface area contributed by atoms with Gasteiger partial charge in [-0.2, -0.15) is 4.31 Å². The number of hydrogen-bond donors (Lipinski definition) is 1. The van der Waals surface area contributed by atoms with Gasteiger partial charge in [0.2, 0.25) is 10.0 Å². The van der Waals surface area contributed by atoms with Crippen LogP contribution in [0.3, 0.4) is 0 Å². The Hall–Kier alpha value is -0.690. The first-order valence-electron chi connectivity index (χ1n) is 7.14. The molecule has 1 aliphatic rings. The van der Waals surface area contributed by atoms with Crippen LogP contribution < -0.4 is 5.73 Å². The Morgan fingerprint density at radius 3 is 2.52 bits per heavy atom. The van der Waals surface area contributed by atoms with Crippen LogP contribution in [0.5, 0.6) is 0 Å². The van der Waals surface area contributed by atoms with Gasteiger partial charge in [0, 0.05) is 24.5 Å². The first-order chi connectivity index (χ1) is 9.67. The molecule has 0 unspecified atom stereocenters. The van der Waals surface area contributed by atoms with E-state index in [4.69, 9.17) is 5.73 Å². The molecular weight excluding hydrogens is 304 g/mol. The van der Waals surface area contributed by atoms with Gasteiger partial charge in [0.25, 0.3) is 0 Å². The number of hydrogen-bond acceptors (Lipinski definition) is 4. The van der Waals surface area contributed by atoms with E-state index in [1.54, 1.807) is 4.31 Å². The van der Waals surface area contributed by atoms with Crippen molar-refractivity contribution in [3.8, 4) is 0 Å². The monoisotopic (exact) mass is 328 g/mol. The van der Waals surface area contributed by atoms with Crippen molar-refractivity contribution in [2.24, 2.45) is 11.1 Å². The minimum absolute atomic E-state index is 0.108. The van der Waals surface area contributed by atoms with Gasteiger partial charge in [-0.1, -0.05) is 32.4 Å². The molecule has 6 heteroatoms. The lowest BCUT2D eigenvalue weighted by Gasteiger charge is -2.31. The summed E-state index contributed by atoms with van der Waals surface area (Å²) in [5.41, 5.74) is 7.92. The summed E-state index contributed by atoms with van der Waals surface area (Å²) in [7, 11) is -3.44. The number of aryl methyl sites for hydroxylation is 1. The third-order valence-corrected chi connectivity index (χ3v) is 7.26. The second kappa shape index (κ2) is 5.83. The molecule has 0 bridgehead atoms. The number of sulfonamides is 1. The summed E-state index contributed by atoms with van der Waals surface area (Å²) in [4.78, 5) is 1.17. The summed E-state index contributed by atoms with van der Waals surface area (Å²) in [5.74, 6) is 0. The molecule has 2 rings (SSSR count). The molecule has 0 atom stereocenters. The molecular formula is C15H24N2O2S2. The molecule has 1 aliphatic heterocycles. The lowest BCUT2D eigenvalue weighted by Crippen LogP contribution is -2.37. The first kappa shape index (κ1) is 16.7. The van der Waals surface area contributed by atoms with Crippen molar-refractivity contribution in [2.75, 3.05) is 13.1 Å². The molecule has 0 aliphatic carbocycles. The van der Waals surface area contributed by atoms with Gasteiger partial charge in [-0.25, -0.2) is 8.42 Å². The maximum Gasteiger partial charge on any atom is 0.244 e. The van der Waals surface area contributed by atoms with Crippen molar-refractivity contribution in [3.05, 3.63) is 27.5 Å². The molecule has 21 heavy (non-hydrogen) atoms. The van der Waals surface area contributed by atoms with Gasteiger partial charge < -0.3 is 5.73 Å². The average Bonchev–Trinajstić information content (AvgIpc) is 2.79.